The number of halogens is 1. The second-order valence-electron chi connectivity index (χ2n) is 6.17. The first-order chi connectivity index (χ1) is 9.10. The van der Waals surface area contributed by atoms with Crippen molar-refractivity contribution in [1.29, 1.82) is 0 Å². The first-order valence-electron chi connectivity index (χ1n) is 7.43. The number of carbonyl (C=O) groups excluding carboxylic acids is 1. The van der Waals surface area contributed by atoms with Gasteiger partial charge in [0, 0.05) is 12.0 Å². The van der Waals surface area contributed by atoms with Crippen LogP contribution in [-0.2, 0) is 9.63 Å². The second kappa shape index (κ2) is 8.17. The van der Waals surface area contributed by atoms with Crippen molar-refractivity contribution in [3.8, 4) is 0 Å². The van der Waals surface area contributed by atoms with Gasteiger partial charge in [0.25, 0.3) is 0 Å². The predicted octanol–water partition coefficient (Wildman–Crippen LogP) is 1.49. The highest BCUT2D eigenvalue weighted by atomic mass is 35.5. The van der Waals surface area contributed by atoms with Gasteiger partial charge >= 0.3 is 0 Å². The van der Waals surface area contributed by atoms with Crippen molar-refractivity contribution in [2.75, 3.05) is 26.2 Å². The molecule has 1 aliphatic carbocycles. The van der Waals surface area contributed by atoms with Gasteiger partial charge in [0.1, 0.15) is 6.61 Å². The standard InChI is InChI=1S/C14H26N2O3.ClH/c1-14(6-5-7-14)13(18)15-19-11-12(17)10-16-8-3-2-4-9-16;/h12,17H,2-11H2,1H3,(H,15,18);1H. The van der Waals surface area contributed by atoms with Gasteiger partial charge in [-0.1, -0.05) is 19.8 Å². The number of likely N-dealkylation sites (tertiary alicyclic amines) is 1. The monoisotopic (exact) mass is 306 g/mol. The van der Waals surface area contributed by atoms with Crippen molar-refractivity contribution in [2.45, 2.75) is 51.6 Å². The largest absolute Gasteiger partial charge is 0.389 e. The van der Waals surface area contributed by atoms with Gasteiger partial charge in [0.05, 0.1) is 6.10 Å². The molecule has 0 bridgehead atoms. The van der Waals surface area contributed by atoms with E-state index in [9.17, 15) is 9.90 Å². The third-order valence-electron chi connectivity index (χ3n) is 4.36. The topological polar surface area (TPSA) is 61.8 Å². The number of piperidine rings is 1. The number of aliphatic hydroxyl groups is 1. The molecule has 1 aliphatic heterocycles. The van der Waals surface area contributed by atoms with Crippen LogP contribution in [0.15, 0.2) is 0 Å². The Labute approximate surface area is 127 Å². The number of carbonyl (C=O) groups is 1. The summed E-state index contributed by atoms with van der Waals surface area (Å²) in [6, 6.07) is 0. The molecule has 2 rings (SSSR count). The maximum atomic E-state index is 11.8. The van der Waals surface area contributed by atoms with Crippen LogP contribution < -0.4 is 5.48 Å². The number of nitrogens with zero attached hydrogens (tertiary/aromatic N) is 1. The highest BCUT2D eigenvalue weighted by Gasteiger charge is 2.39. The number of hydrogen-bond donors (Lipinski definition) is 2. The zero-order valence-electron chi connectivity index (χ0n) is 12.3. The van der Waals surface area contributed by atoms with E-state index in [4.69, 9.17) is 4.84 Å². The van der Waals surface area contributed by atoms with Gasteiger partial charge in [-0.3, -0.25) is 9.63 Å². The predicted molar refractivity (Wildman–Crippen MR) is 79.6 cm³/mol. The van der Waals surface area contributed by atoms with Crippen LogP contribution in [0.5, 0.6) is 0 Å². The van der Waals surface area contributed by atoms with Gasteiger partial charge in [-0.15, -0.1) is 12.4 Å². The Balaban J connectivity index is 0.00000200. The number of hydrogen-bond acceptors (Lipinski definition) is 4. The molecule has 0 aromatic rings. The summed E-state index contributed by atoms with van der Waals surface area (Å²) in [6.45, 7) is 4.87. The number of amides is 1. The van der Waals surface area contributed by atoms with Crippen molar-refractivity contribution >= 4 is 18.3 Å². The van der Waals surface area contributed by atoms with E-state index in [2.05, 4.69) is 10.4 Å². The summed E-state index contributed by atoms with van der Waals surface area (Å²) in [5.74, 6) is -0.0519. The van der Waals surface area contributed by atoms with E-state index >= 15 is 0 Å². The lowest BCUT2D eigenvalue weighted by Gasteiger charge is -2.36. The van der Waals surface area contributed by atoms with Gasteiger partial charge in [0.2, 0.25) is 5.91 Å². The number of hydroxylamine groups is 1. The zero-order valence-corrected chi connectivity index (χ0v) is 13.1. The first-order valence-corrected chi connectivity index (χ1v) is 7.43. The molecule has 1 heterocycles. The van der Waals surface area contributed by atoms with E-state index in [0.717, 1.165) is 32.4 Å². The Morgan fingerprint density at radius 2 is 1.95 bits per heavy atom. The molecule has 6 heteroatoms. The molecule has 1 saturated carbocycles. The molecule has 20 heavy (non-hydrogen) atoms. The smallest absolute Gasteiger partial charge is 0.249 e. The molecule has 0 aromatic heterocycles. The van der Waals surface area contributed by atoms with Crippen molar-refractivity contribution in [2.24, 2.45) is 5.41 Å². The summed E-state index contributed by atoms with van der Waals surface area (Å²) < 4.78 is 0. The minimum Gasteiger partial charge on any atom is -0.389 e. The molecule has 2 aliphatic rings. The molecule has 118 valence electrons. The molecule has 2 N–H and O–H groups in total. The minimum absolute atomic E-state index is 0. The lowest BCUT2D eigenvalue weighted by molar-refractivity contribution is -0.150. The Bertz CT molecular complexity index is 305. The second-order valence-corrected chi connectivity index (χ2v) is 6.17. The quantitative estimate of drug-likeness (QED) is 0.730. The van der Waals surface area contributed by atoms with Gasteiger partial charge in [-0.2, -0.15) is 0 Å². The highest BCUT2D eigenvalue weighted by Crippen LogP contribution is 2.40. The summed E-state index contributed by atoms with van der Waals surface area (Å²) in [7, 11) is 0. The summed E-state index contributed by atoms with van der Waals surface area (Å²) in [5, 5.41) is 9.87. The Morgan fingerprint density at radius 1 is 1.30 bits per heavy atom. The fourth-order valence-electron chi connectivity index (χ4n) is 2.75. The van der Waals surface area contributed by atoms with Gasteiger partial charge in [-0.25, -0.2) is 5.48 Å². The number of aliphatic hydroxyl groups excluding tert-OH is 1. The fraction of sp³-hybridized carbons (Fsp3) is 0.929. The molecule has 0 radical (unpaired) electrons. The maximum Gasteiger partial charge on any atom is 0.249 e. The minimum atomic E-state index is -0.535. The van der Waals surface area contributed by atoms with Gasteiger partial charge in [0.15, 0.2) is 0 Å². The van der Waals surface area contributed by atoms with Crippen LogP contribution in [0.2, 0.25) is 0 Å². The molecule has 1 amide bonds. The first kappa shape index (κ1) is 17.7. The van der Waals surface area contributed by atoms with E-state index in [0.29, 0.717) is 6.54 Å². The van der Waals surface area contributed by atoms with Crippen LogP contribution in [-0.4, -0.2) is 48.3 Å². The lowest BCUT2D eigenvalue weighted by Crippen LogP contribution is -2.45. The molecule has 5 nitrogen and oxygen atoms in total. The molecule has 0 aromatic carbocycles. The number of β-amino-alcohol motifs (C(OH)–C–C–N with tert-alkyl or cyclic N) is 1. The molecular weight excluding hydrogens is 280 g/mol. The summed E-state index contributed by atoms with van der Waals surface area (Å²) >= 11 is 0. The third kappa shape index (κ3) is 4.88. The van der Waals surface area contributed by atoms with Crippen LogP contribution in [0.4, 0.5) is 0 Å². The van der Waals surface area contributed by atoms with Crippen LogP contribution in [0, 0.1) is 5.41 Å². The molecular formula is C14H27ClN2O3. The highest BCUT2D eigenvalue weighted by molar-refractivity contribution is 5.85. The van der Waals surface area contributed by atoms with Gasteiger partial charge in [-0.05, 0) is 38.8 Å². The van der Waals surface area contributed by atoms with Crippen LogP contribution in [0.1, 0.15) is 45.4 Å². The summed E-state index contributed by atoms with van der Waals surface area (Å²) in [4.78, 5) is 19.2. The Hall–Kier alpha value is -0.360. The van der Waals surface area contributed by atoms with Crippen molar-refractivity contribution in [3.63, 3.8) is 0 Å². The molecule has 1 atom stereocenters. The van der Waals surface area contributed by atoms with E-state index in [1.54, 1.807) is 0 Å². The van der Waals surface area contributed by atoms with Crippen LogP contribution in [0.3, 0.4) is 0 Å². The molecule has 1 saturated heterocycles. The summed E-state index contributed by atoms with van der Waals surface area (Å²) in [6.07, 6.45) is 6.15. The van der Waals surface area contributed by atoms with E-state index in [-0.39, 0.29) is 30.3 Å². The normalized spacial score (nSPS) is 23.3. The maximum absolute atomic E-state index is 11.8. The molecule has 0 spiro atoms. The number of rotatable bonds is 6. The summed E-state index contributed by atoms with van der Waals surface area (Å²) in [5.41, 5.74) is 2.22. The average molecular weight is 307 g/mol. The van der Waals surface area contributed by atoms with E-state index < -0.39 is 6.10 Å². The lowest BCUT2D eigenvalue weighted by atomic mass is 9.70. The van der Waals surface area contributed by atoms with E-state index in [1.165, 1.54) is 19.3 Å². The molecule has 2 fully saturated rings. The van der Waals surface area contributed by atoms with Gasteiger partial charge < -0.3 is 10.0 Å². The zero-order chi connectivity index (χ0) is 13.7. The SMILES string of the molecule is CC1(C(=O)NOCC(O)CN2CCCCC2)CCC1.Cl. The fourth-order valence-corrected chi connectivity index (χ4v) is 2.75. The van der Waals surface area contributed by atoms with Crippen molar-refractivity contribution < 1.29 is 14.7 Å². The number of nitrogens with one attached hydrogen (secondary N) is 1. The average Bonchev–Trinajstić information content (AvgIpc) is 2.37. The Kier molecular flexibility index (Phi) is 7.23. The van der Waals surface area contributed by atoms with Crippen molar-refractivity contribution in [1.82, 2.24) is 10.4 Å². The Morgan fingerprint density at radius 3 is 2.50 bits per heavy atom. The third-order valence-corrected chi connectivity index (χ3v) is 4.36. The van der Waals surface area contributed by atoms with E-state index in [1.807, 2.05) is 6.92 Å². The van der Waals surface area contributed by atoms with Crippen LogP contribution >= 0.6 is 12.4 Å². The van der Waals surface area contributed by atoms with Crippen LogP contribution in [0.25, 0.3) is 0 Å². The molecule has 1 unspecified atom stereocenters. The van der Waals surface area contributed by atoms with Crippen molar-refractivity contribution in [3.05, 3.63) is 0 Å².